The van der Waals surface area contributed by atoms with Crippen molar-refractivity contribution >= 4 is 11.8 Å². The number of hydrogen-bond donors (Lipinski definition) is 3. The highest BCUT2D eigenvalue weighted by Gasteiger charge is 2.20. The molecule has 0 aliphatic heterocycles. The van der Waals surface area contributed by atoms with Gasteiger partial charge in [0.2, 0.25) is 0 Å². The molecule has 3 N–H and O–H groups in total. The number of carboxylic acids is 1. The van der Waals surface area contributed by atoms with Crippen molar-refractivity contribution in [2.75, 3.05) is 7.11 Å². The van der Waals surface area contributed by atoms with Crippen LogP contribution in [0, 0.1) is 0 Å². The standard InChI is InChI=1S/C13H16O6/c1-7(14)8-3-5-10(15)9(12(8)16)4-6-11(19-2)13(17)18/h3,5,11,15-16H,4,6H2,1-2H3,(H,17,18)/t11-/m1/s1. The van der Waals surface area contributed by atoms with Crippen molar-refractivity contribution in [1.29, 1.82) is 0 Å². The summed E-state index contributed by atoms with van der Waals surface area (Å²) in [4.78, 5) is 22.1. The Kier molecular flexibility index (Phi) is 4.88. The summed E-state index contributed by atoms with van der Waals surface area (Å²) in [6.45, 7) is 1.30. The molecule has 0 unspecified atom stereocenters. The summed E-state index contributed by atoms with van der Waals surface area (Å²) in [7, 11) is 1.27. The van der Waals surface area contributed by atoms with E-state index in [1.165, 1.54) is 26.2 Å². The molecule has 0 spiro atoms. The predicted molar refractivity (Wildman–Crippen MR) is 66.5 cm³/mol. The van der Waals surface area contributed by atoms with Crippen LogP contribution in [0.1, 0.15) is 29.3 Å². The highest BCUT2D eigenvalue weighted by molar-refractivity contribution is 5.97. The Hall–Kier alpha value is -2.08. The molecule has 6 nitrogen and oxygen atoms in total. The number of ketones is 1. The van der Waals surface area contributed by atoms with Crippen molar-refractivity contribution in [2.24, 2.45) is 0 Å². The van der Waals surface area contributed by atoms with E-state index in [0.717, 1.165) is 0 Å². The van der Waals surface area contributed by atoms with Crippen LogP contribution in [-0.2, 0) is 16.0 Å². The van der Waals surface area contributed by atoms with Crippen LogP contribution in [0.3, 0.4) is 0 Å². The molecule has 0 fully saturated rings. The lowest BCUT2D eigenvalue weighted by Crippen LogP contribution is -2.22. The van der Waals surface area contributed by atoms with Crippen molar-refractivity contribution in [3.8, 4) is 11.5 Å². The lowest BCUT2D eigenvalue weighted by Gasteiger charge is -2.13. The van der Waals surface area contributed by atoms with Gasteiger partial charge in [0.25, 0.3) is 0 Å². The Morgan fingerprint density at radius 3 is 2.42 bits per heavy atom. The second kappa shape index (κ2) is 6.19. The van der Waals surface area contributed by atoms with Gasteiger partial charge in [0.1, 0.15) is 11.5 Å². The van der Waals surface area contributed by atoms with Gasteiger partial charge in [0, 0.05) is 12.7 Å². The van der Waals surface area contributed by atoms with Gasteiger partial charge >= 0.3 is 5.97 Å². The van der Waals surface area contributed by atoms with Crippen LogP contribution in [0.2, 0.25) is 0 Å². The Balaban J connectivity index is 2.97. The normalized spacial score (nSPS) is 12.1. The van der Waals surface area contributed by atoms with E-state index in [2.05, 4.69) is 0 Å². The first-order valence-corrected chi connectivity index (χ1v) is 5.68. The van der Waals surface area contributed by atoms with E-state index in [1.807, 2.05) is 0 Å². The molecule has 0 heterocycles. The number of carbonyl (C=O) groups excluding carboxylic acids is 1. The van der Waals surface area contributed by atoms with Crippen LogP contribution in [0.4, 0.5) is 0 Å². The molecule has 104 valence electrons. The van der Waals surface area contributed by atoms with E-state index >= 15 is 0 Å². The lowest BCUT2D eigenvalue weighted by atomic mass is 9.99. The maximum absolute atomic E-state index is 11.3. The number of hydrogen-bond acceptors (Lipinski definition) is 5. The summed E-state index contributed by atoms with van der Waals surface area (Å²) in [5.74, 6) is -1.94. The molecular weight excluding hydrogens is 252 g/mol. The van der Waals surface area contributed by atoms with Crippen LogP contribution >= 0.6 is 0 Å². The molecule has 0 bridgehead atoms. The van der Waals surface area contributed by atoms with Crippen molar-refractivity contribution in [3.05, 3.63) is 23.3 Å². The number of ether oxygens (including phenoxy) is 1. The first-order valence-electron chi connectivity index (χ1n) is 5.68. The summed E-state index contributed by atoms with van der Waals surface area (Å²) >= 11 is 0. The zero-order valence-electron chi connectivity index (χ0n) is 10.7. The summed E-state index contributed by atoms with van der Waals surface area (Å²) in [5.41, 5.74) is 0.244. The average Bonchev–Trinajstić information content (AvgIpc) is 2.32. The van der Waals surface area contributed by atoms with Gasteiger partial charge in [-0.1, -0.05) is 0 Å². The van der Waals surface area contributed by atoms with E-state index in [0.29, 0.717) is 0 Å². The minimum absolute atomic E-state index is 0.0777. The van der Waals surface area contributed by atoms with Gasteiger partial charge < -0.3 is 20.1 Å². The fourth-order valence-corrected chi connectivity index (χ4v) is 1.77. The van der Waals surface area contributed by atoms with Crippen LogP contribution in [0.25, 0.3) is 0 Å². The highest BCUT2D eigenvalue weighted by Crippen LogP contribution is 2.32. The third kappa shape index (κ3) is 3.45. The molecule has 1 rings (SSSR count). The van der Waals surface area contributed by atoms with Gasteiger partial charge in [0.15, 0.2) is 11.9 Å². The van der Waals surface area contributed by atoms with Crippen LogP contribution in [0.5, 0.6) is 11.5 Å². The van der Waals surface area contributed by atoms with Crippen molar-refractivity contribution < 1.29 is 29.6 Å². The fourth-order valence-electron chi connectivity index (χ4n) is 1.77. The van der Waals surface area contributed by atoms with Gasteiger partial charge in [-0.05, 0) is 31.9 Å². The molecule has 0 aliphatic rings. The Morgan fingerprint density at radius 2 is 1.95 bits per heavy atom. The third-order valence-corrected chi connectivity index (χ3v) is 2.85. The summed E-state index contributed by atoms with van der Waals surface area (Å²) in [6.07, 6.45) is -0.863. The second-order valence-electron chi connectivity index (χ2n) is 4.12. The fraction of sp³-hybridized carbons (Fsp3) is 0.385. The second-order valence-corrected chi connectivity index (χ2v) is 4.12. The molecule has 1 atom stereocenters. The van der Waals surface area contributed by atoms with Crippen molar-refractivity contribution in [1.82, 2.24) is 0 Å². The van der Waals surface area contributed by atoms with Crippen molar-refractivity contribution in [3.63, 3.8) is 0 Å². The summed E-state index contributed by atoms with van der Waals surface area (Å²) < 4.78 is 4.76. The maximum Gasteiger partial charge on any atom is 0.332 e. The Morgan fingerprint density at radius 1 is 1.32 bits per heavy atom. The third-order valence-electron chi connectivity index (χ3n) is 2.85. The van der Waals surface area contributed by atoms with Crippen LogP contribution in [-0.4, -0.2) is 40.3 Å². The molecule has 0 radical (unpaired) electrons. The number of aromatic hydroxyl groups is 2. The molecule has 0 saturated heterocycles. The number of Topliss-reactive ketones (excluding diaryl/α,β-unsaturated/α-hetero) is 1. The maximum atomic E-state index is 11.3. The van der Waals surface area contributed by atoms with Gasteiger partial charge in [-0.25, -0.2) is 4.79 Å². The minimum Gasteiger partial charge on any atom is -0.508 e. The van der Waals surface area contributed by atoms with Gasteiger partial charge in [-0.15, -0.1) is 0 Å². The minimum atomic E-state index is -1.12. The molecule has 0 aliphatic carbocycles. The quantitative estimate of drug-likeness (QED) is 0.672. The number of carboxylic acid groups (broad SMARTS) is 1. The number of phenols is 2. The number of carbonyl (C=O) groups is 2. The highest BCUT2D eigenvalue weighted by atomic mass is 16.5. The summed E-state index contributed by atoms with van der Waals surface area (Å²) in [6, 6.07) is 2.62. The number of benzene rings is 1. The zero-order valence-corrected chi connectivity index (χ0v) is 10.7. The van der Waals surface area contributed by atoms with Crippen LogP contribution in [0.15, 0.2) is 12.1 Å². The molecule has 0 aromatic heterocycles. The topological polar surface area (TPSA) is 104 Å². The first-order chi connectivity index (χ1) is 8.88. The number of methoxy groups -OCH3 is 1. The molecule has 19 heavy (non-hydrogen) atoms. The van der Waals surface area contributed by atoms with Gasteiger partial charge in [-0.3, -0.25) is 4.79 Å². The molecule has 1 aromatic carbocycles. The van der Waals surface area contributed by atoms with Crippen molar-refractivity contribution in [2.45, 2.75) is 25.9 Å². The molecular formula is C13H16O6. The van der Waals surface area contributed by atoms with E-state index < -0.39 is 12.1 Å². The van der Waals surface area contributed by atoms with Gasteiger partial charge in [0.05, 0.1) is 5.56 Å². The molecule has 6 heteroatoms. The smallest absolute Gasteiger partial charge is 0.332 e. The van der Waals surface area contributed by atoms with E-state index in [-0.39, 0.29) is 41.3 Å². The Labute approximate surface area is 110 Å². The first kappa shape index (κ1) is 15.0. The SMILES string of the molecule is CO[C@H](CCc1c(O)ccc(C(C)=O)c1O)C(=O)O. The number of aliphatic carboxylic acids is 1. The van der Waals surface area contributed by atoms with E-state index in [1.54, 1.807) is 0 Å². The van der Waals surface area contributed by atoms with E-state index in [9.17, 15) is 19.8 Å². The molecule has 0 saturated carbocycles. The molecule has 1 aromatic rings. The summed E-state index contributed by atoms with van der Waals surface area (Å²) in [5, 5.41) is 28.4. The van der Waals surface area contributed by atoms with Crippen LogP contribution < -0.4 is 0 Å². The number of phenolic OH excluding ortho intramolecular Hbond substituents is 2. The monoisotopic (exact) mass is 268 g/mol. The average molecular weight is 268 g/mol. The lowest BCUT2D eigenvalue weighted by molar-refractivity contribution is -0.148. The largest absolute Gasteiger partial charge is 0.508 e. The van der Waals surface area contributed by atoms with E-state index in [4.69, 9.17) is 9.84 Å². The Bertz CT molecular complexity index is 494. The predicted octanol–water partition coefficient (Wildman–Crippen LogP) is 1.33. The molecule has 0 amide bonds. The van der Waals surface area contributed by atoms with Gasteiger partial charge in [-0.2, -0.15) is 0 Å². The number of rotatable bonds is 6. The zero-order chi connectivity index (χ0) is 14.6.